The highest BCUT2D eigenvalue weighted by Crippen LogP contribution is 2.22. The van der Waals surface area contributed by atoms with Gasteiger partial charge in [0.1, 0.15) is 0 Å². The van der Waals surface area contributed by atoms with Crippen molar-refractivity contribution in [3.8, 4) is 24.7 Å². The first-order valence-corrected chi connectivity index (χ1v) is 9.64. The third kappa shape index (κ3) is 5.10. The fraction of sp³-hybridized carbons (Fsp3) is 0. The van der Waals surface area contributed by atoms with Crippen LogP contribution in [0.1, 0.15) is 52.6 Å². The lowest BCUT2D eigenvalue weighted by molar-refractivity contribution is 0.0690. The van der Waals surface area contributed by atoms with Gasteiger partial charge in [0.2, 0.25) is 0 Å². The molecule has 0 atom stereocenters. The lowest BCUT2D eigenvalue weighted by Gasteiger charge is -2.13. The Bertz CT molecular complexity index is 1320. The summed E-state index contributed by atoms with van der Waals surface area (Å²) < 4.78 is 0. The van der Waals surface area contributed by atoms with Crippen molar-refractivity contribution >= 4 is 35.1 Å². The Hall–Kier alpha value is -5.34. The lowest BCUT2D eigenvalue weighted by atomic mass is 9.96. The number of carbonyl (C=O) groups excluding carboxylic acids is 2. The Kier molecular flexibility index (Phi) is 6.76. The quantitative estimate of drug-likeness (QED) is 0.423. The Morgan fingerprint density at radius 2 is 1.00 bits per heavy atom. The summed E-state index contributed by atoms with van der Waals surface area (Å²) in [7, 11) is 0. The smallest absolute Gasteiger partial charge is 0.336 e. The molecule has 8 heteroatoms. The molecule has 0 aromatic heterocycles. The molecule has 0 aliphatic heterocycles. The molecule has 2 amide bonds. The number of amides is 2. The first-order chi connectivity index (χ1) is 16.2. The monoisotopic (exact) mass is 452 g/mol. The zero-order valence-corrected chi connectivity index (χ0v) is 17.5. The topological polar surface area (TPSA) is 133 Å². The number of carbonyl (C=O) groups is 4. The van der Waals surface area contributed by atoms with Crippen LogP contribution in [0.3, 0.4) is 0 Å². The second-order valence-electron chi connectivity index (χ2n) is 6.91. The van der Waals surface area contributed by atoms with Crippen molar-refractivity contribution in [2.24, 2.45) is 0 Å². The van der Waals surface area contributed by atoms with E-state index in [2.05, 4.69) is 22.5 Å². The van der Waals surface area contributed by atoms with Crippen LogP contribution >= 0.6 is 0 Å². The van der Waals surface area contributed by atoms with E-state index in [1.807, 2.05) is 0 Å². The van der Waals surface area contributed by atoms with Crippen LogP contribution in [0.5, 0.6) is 0 Å². The van der Waals surface area contributed by atoms with Crippen molar-refractivity contribution in [1.82, 2.24) is 0 Å². The van der Waals surface area contributed by atoms with E-state index >= 15 is 0 Å². The molecule has 0 radical (unpaired) electrons. The van der Waals surface area contributed by atoms with Gasteiger partial charge >= 0.3 is 11.9 Å². The normalized spacial score (nSPS) is 9.82. The van der Waals surface area contributed by atoms with Crippen LogP contribution in [0.25, 0.3) is 0 Å². The van der Waals surface area contributed by atoms with Crippen LogP contribution in [-0.2, 0) is 0 Å². The molecule has 3 aromatic carbocycles. The standard InChI is InChI=1S/C26H16N2O6/c1-3-15-7-5-9-17(11-15)27-23(29)19-13-20(22(26(33)34)14-21(19)25(31)32)24(30)28-18-10-6-8-16(4-2)12-18/h1-2,5-14H,(H,27,29)(H,28,30)(H,31,32)(H,33,34). The maximum Gasteiger partial charge on any atom is 0.336 e. The fourth-order valence-electron chi connectivity index (χ4n) is 3.10. The Labute approximate surface area is 194 Å². The Morgan fingerprint density at radius 3 is 1.35 bits per heavy atom. The SMILES string of the molecule is C#Cc1cccc(NC(=O)c2cc(C(=O)Nc3cccc(C#C)c3)c(C(=O)O)cc2C(=O)O)c1. The minimum absolute atomic E-state index is 0.288. The Balaban J connectivity index is 2.06. The second kappa shape index (κ2) is 9.86. The lowest BCUT2D eigenvalue weighted by Crippen LogP contribution is -2.22. The van der Waals surface area contributed by atoms with Gasteiger partial charge in [-0.25, -0.2) is 9.59 Å². The predicted molar refractivity (Wildman–Crippen MR) is 125 cm³/mol. The average Bonchev–Trinajstić information content (AvgIpc) is 2.83. The summed E-state index contributed by atoms with van der Waals surface area (Å²) in [4.78, 5) is 49.4. The fourth-order valence-corrected chi connectivity index (χ4v) is 3.10. The van der Waals surface area contributed by atoms with Gasteiger partial charge in [0.15, 0.2) is 0 Å². The van der Waals surface area contributed by atoms with Crippen molar-refractivity contribution in [1.29, 1.82) is 0 Å². The highest BCUT2D eigenvalue weighted by Gasteiger charge is 2.26. The van der Waals surface area contributed by atoms with Gasteiger partial charge in [-0.05, 0) is 48.5 Å². The minimum atomic E-state index is -1.54. The number of carboxylic acids is 2. The van der Waals surface area contributed by atoms with Gasteiger partial charge in [-0.15, -0.1) is 12.8 Å². The Morgan fingerprint density at radius 1 is 0.618 bits per heavy atom. The van der Waals surface area contributed by atoms with Crippen LogP contribution in [0.2, 0.25) is 0 Å². The van der Waals surface area contributed by atoms with Gasteiger partial charge in [-0.1, -0.05) is 24.0 Å². The molecular formula is C26H16N2O6. The molecule has 3 aromatic rings. The highest BCUT2D eigenvalue weighted by atomic mass is 16.4. The third-order valence-electron chi connectivity index (χ3n) is 4.68. The number of hydrogen-bond donors (Lipinski definition) is 4. The summed E-state index contributed by atoms with van der Waals surface area (Å²) in [5.41, 5.74) is -0.467. The number of hydrogen-bond acceptors (Lipinski definition) is 4. The number of anilines is 2. The van der Waals surface area contributed by atoms with E-state index in [1.165, 1.54) is 24.3 Å². The van der Waals surface area contributed by atoms with Crippen molar-refractivity contribution in [3.05, 3.63) is 94.0 Å². The molecular weight excluding hydrogens is 436 g/mol. The van der Waals surface area contributed by atoms with Gasteiger partial charge in [0.25, 0.3) is 11.8 Å². The van der Waals surface area contributed by atoms with Crippen LogP contribution < -0.4 is 10.6 Å². The van der Waals surface area contributed by atoms with E-state index in [-0.39, 0.29) is 11.4 Å². The van der Waals surface area contributed by atoms with Crippen molar-refractivity contribution in [3.63, 3.8) is 0 Å². The molecule has 0 bridgehead atoms. The number of aromatic carboxylic acids is 2. The summed E-state index contributed by atoms with van der Waals surface area (Å²) in [5, 5.41) is 24.2. The van der Waals surface area contributed by atoms with Gasteiger partial charge < -0.3 is 20.8 Å². The van der Waals surface area contributed by atoms with E-state index in [0.29, 0.717) is 11.1 Å². The minimum Gasteiger partial charge on any atom is -0.478 e. The highest BCUT2D eigenvalue weighted by molar-refractivity contribution is 6.16. The summed E-state index contributed by atoms with van der Waals surface area (Å²) >= 11 is 0. The molecule has 0 saturated heterocycles. The summed E-state index contributed by atoms with van der Waals surface area (Å²) in [5.74, 6) is -0.00426. The van der Waals surface area contributed by atoms with Crippen LogP contribution in [0, 0.1) is 24.7 Å². The number of nitrogens with one attached hydrogen (secondary N) is 2. The van der Waals surface area contributed by atoms with Gasteiger partial charge in [0.05, 0.1) is 22.3 Å². The largest absolute Gasteiger partial charge is 0.478 e. The molecule has 0 heterocycles. The molecule has 8 nitrogen and oxygen atoms in total. The van der Waals surface area contributed by atoms with Crippen molar-refractivity contribution in [2.75, 3.05) is 10.6 Å². The van der Waals surface area contributed by atoms with E-state index in [4.69, 9.17) is 12.8 Å². The molecule has 0 unspecified atom stereocenters. The predicted octanol–water partition coefficient (Wildman–Crippen LogP) is 3.55. The number of benzene rings is 3. The zero-order chi connectivity index (χ0) is 24.8. The molecule has 34 heavy (non-hydrogen) atoms. The second-order valence-corrected chi connectivity index (χ2v) is 6.91. The van der Waals surface area contributed by atoms with Crippen LogP contribution in [0.4, 0.5) is 11.4 Å². The summed E-state index contributed by atoms with van der Waals surface area (Å²) in [6.07, 6.45) is 10.7. The van der Waals surface area contributed by atoms with Gasteiger partial charge in [0, 0.05) is 22.5 Å². The third-order valence-corrected chi connectivity index (χ3v) is 4.68. The number of terminal acetylenes is 2. The molecule has 0 aliphatic carbocycles. The maximum absolute atomic E-state index is 12.9. The maximum atomic E-state index is 12.9. The van der Waals surface area contributed by atoms with E-state index < -0.39 is 46.0 Å². The van der Waals surface area contributed by atoms with E-state index in [1.54, 1.807) is 24.3 Å². The van der Waals surface area contributed by atoms with Crippen molar-refractivity contribution < 1.29 is 29.4 Å². The summed E-state index contributed by atoms with van der Waals surface area (Å²) in [6.45, 7) is 0. The summed E-state index contributed by atoms with van der Waals surface area (Å²) in [6, 6.07) is 14.2. The molecule has 4 N–H and O–H groups in total. The molecule has 0 spiro atoms. The van der Waals surface area contributed by atoms with Crippen LogP contribution in [-0.4, -0.2) is 34.0 Å². The zero-order valence-electron chi connectivity index (χ0n) is 17.5. The van der Waals surface area contributed by atoms with Crippen LogP contribution in [0.15, 0.2) is 60.7 Å². The number of rotatable bonds is 6. The molecule has 0 saturated carbocycles. The first kappa shape index (κ1) is 23.3. The van der Waals surface area contributed by atoms with E-state index in [9.17, 15) is 29.4 Å². The van der Waals surface area contributed by atoms with Gasteiger partial charge in [-0.2, -0.15) is 0 Å². The molecule has 0 aliphatic rings. The average molecular weight is 452 g/mol. The number of carboxylic acid groups (broad SMARTS) is 2. The van der Waals surface area contributed by atoms with Gasteiger partial charge in [-0.3, -0.25) is 9.59 Å². The van der Waals surface area contributed by atoms with Crippen molar-refractivity contribution in [2.45, 2.75) is 0 Å². The molecule has 3 rings (SSSR count). The first-order valence-electron chi connectivity index (χ1n) is 9.64. The molecule has 166 valence electrons. The van der Waals surface area contributed by atoms with E-state index in [0.717, 1.165) is 12.1 Å². The molecule has 0 fully saturated rings.